The summed E-state index contributed by atoms with van der Waals surface area (Å²) >= 11 is 0. The molecule has 1 saturated heterocycles. The number of carbonyl (C=O) groups excluding carboxylic acids is 1. The molecule has 0 spiro atoms. The van der Waals surface area contributed by atoms with Gasteiger partial charge in [0.1, 0.15) is 11.6 Å². The molecule has 0 radical (unpaired) electrons. The molecule has 0 aliphatic carbocycles. The molecule has 218 valence electrons. The number of hydrogen-bond donors (Lipinski definition) is 3. The SMILES string of the molecule is CC(C)(C)c1ccc2c(n1)N1C[C@@H](CCC(c3cc(CN)ccn3)Nc3cccc(n3)S(=O)(=O)NC2=O)CC1(C)C. The highest BCUT2D eigenvalue weighted by molar-refractivity contribution is 7.90. The molecular weight excluding hydrogens is 538 g/mol. The molecule has 4 N–H and O–H groups in total. The van der Waals surface area contributed by atoms with Crippen LogP contribution in [0, 0.1) is 5.92 Å². The molecular formula is C30H39N7O3S. The van der Waals surface area contributed by atoms with Gasteiger partial charge in [-0.05, 0) is 81.0 Å². The van der Waals surface area contributed by atoms with Gasteiger partial charge in [-0.1, -0.05) is 26.8 Å². The second-order valence-corrected chi connectivity index (χ2v) is 14.3. The van der Waals surface area contributed by atoms with Crippen molar-refractivity contribution >= 4 is 27.6 Å². The van der Waals surface area contributed by atoms with E-state index in [2.05, 4.69) is 59.5 Å². The Labute approximate surface area is 242 Å². The Kier molecular flexibility index (Phi) is 7.54. The number of pyridine rings is 3. The number of amides is 1. The fourth-order valence-electron chi connectivity index (χ4n) is 5.76. The van der Waals surface area contributed by atoms with E-state index in [0.717, 1.165) is 36.2 Å². The number of nitrogens with zero attached hydrogens (tertiary/aromatic N) is 4. The topological polar surface area (TPSA) is 143 Å². The molecule has 11 heteroatoms. The van der Waals surface area contributed by atoms with Crippen molar-refractivity contribution in [3.05, 3.63) is 71.2 Å². The van der Waals surface area contributed by atoms with Crippen LogP contribution in [0.25, 0.3) is 0 Å². The van der Waals surface area contributed by atoms with Gasteiger partial charge in [-0.15, -0.1) is 0 Å². The fraction of sp³-hybridized carbons (Fsp3) is 0.467. The van der Waals surface area contributed by atoms with Crippen LogP contribution in [0.4, 0.5) is 11.6 Å². The minimum absolute atomic E-state index is 0.221. The van der Waals surface area contributed by atoms with Crippen molar-refractivity contribution in [1.29, 1.82) is 0 Å². The van der Waals surface area contributed by atoms with Crippen LogP contribution in [0.5, 0.6) is 0 Å². The highest BCUT2D eigenvalue weighted by atomic mass is 32.2. The van der Waals surface area contributed by atoms with E-state index in [1.807, 2.05) is 12.1 Å². The first-order chi connectivity index (χ1) is 19.3. The Hall–Kier alpha value is -3.57. The molecule has 4 bridgehead atoms. The number of anilines is 2. The molecule has 1 fully saturated rings. The largest absolute Gasteiger partial charge is 0.362 e. The number of aromatic nitrogens is 3. The average molecular weight is 578 g/mol. The third-order valence-electron chi connectivity index (χ3n) is 7.95. The third-order valence-corrected chi connectivity index (χ3v) is 9.19. The van der Waals surface area contributed by atoms with E-state index in [0.29, 0.717) is 30.6 Å². The second kappa shape index (κ2) is 10.7. The lowest BCUT2D eigenvalue weighted by atomic mass is 9.90. The predicted molar refractivity (Wildman–Crippen MR) is 159 cm³/mol. The number of nitrogens with two attached hydrogens (primary N) is 1. The molecule has 3 aromatic heterocycles. The molecule has 1 amide bonds. The van der Waals surface area contributed by atoms with Gasteiger partial charge >= 0.3 is 0 Å². The van der Waals surface area contributed by atoms with Crippen LogP contribution in [-0.2, 0) is 22.0 Å². The molecule has 2 aliphatic heterocycles. The van der Waals surface area contributed by atoms with Gasteiger partial charge in [0.2, 0.25) is 0 Å². The Morgan fingerprint density at radius 1 is 1.10 bits per heavy atom. The molecule has 2 aliphatic rings. The smallest absolute Gasteiger partial charge is 0.281 e. The van der Waals surface area contributed by atoms with Crippen LogP contribution in [-0.4, -0.2) is 41.4 Å². The van der Waals surface area contributed by atoms with E-state index in [1.165, 1.54) is 6.07 Å². The van der Waals surface area contributed by atoms with Gasteiger partial charge in [-0.3, -0.25) is 9.78 Å². The fourth-order valence-corrected chi connectivity index (χ4v) is 6.70. The van der Waals surface area contributed by atoms with E-state index < -0.39 is 15.9 Å². The van der Waals surface area contributed by atoms with Gasteiger partial charge in [0.05, 0.1) is 17.3 Å². The summed E-state index contributed by atoms with van der Waals surface area (Å²) in [4.78, 5) is 29.7. The minimum Gasteiger partial charge on any atom is -0.362 e. The van der Waals surface area contributed by atoms with Gasteiger partial charge in [-0.2, -0.15) is 8.42 Å². The van der Waals surface area contributed by atoms with Crippen molar-refractivity contribution in [2.75, 3.05) is 16.8 Å². The molecule has 2 atom stereocenters. The number of fused-ring (bicyclic) bond motifs is 6. The van der Waals surface area contributed by atoms with Gasteiger partial charge < -0.3 is 16.0 Å². The number of carbonyl (C=O) groups is 1. The zero-order chi connectivity index (χ0) is 29.6. The van der Waals surface area contributed by atoms with Crippen LogP contribution in [0.3, 0.4) is 0 Å². The van der Waals surface area contributed by atoms with Crippen molar-refractivity contribution in [3.8, 4) is 0 Å². The van der Waals surface area contributed by atoms with Crippen LogP contribution in [0.15, 0.2) is 53.7 Å². The van der Waals surface area contributed by atoms with E-state index >= 15 is 0 Å². The minimum atomic E-state index is -4.27. The van der Waals surface area contributed by atoms with Crippen molar-refractivity contribution < 1.29 is 13.2 Å². The van der Waals surface area contributed by atoms with Gasteiger partial charge in [0.15, 0.2) is 5.03 Å². The number of rotatable bonds is 2. The standard InChI is InChI=1S/C30H39N7O3S/c1-29(2,3)24-12-10-21-27(34-24)37-18-20(16-30(37,4)5)9-11-22(23-15-19(17-31)13-14-32-23)33-25-7-6-8-26(35-25)41(39,40)36-28(21)38/h6-8,10,12-15,20,22H,9,11,16-18,31H2,1-5H3,(H,33,35)(H,36,38)/t20-,22?/m0/s1. The maximum absolute atomic E-state index is 13.6. The highest BCUT2D eigenvalue weighted by Crippen LogP contribution is 2.41. The monoisotopic (exact) mass is 577 g/mol. The summed E-state index contributed by atoms with van der Waals surface area (Å²) in [7, 11) is -4.27. The summed E-state index contributed by atoms with van der Waals surface area (Å²) in [5, 5.41) is 3.15. The summed E-state index contributed by atoms with van der Waals surface area (Å²) in [5.74, 6) is 0.464. The summed E-state index contributed by atoms with van der Waals surface area (Å²) < 4.78 is 29.0. The molecule has 5 heterocycles. The maximum atomic E-state index is 13.6. The maximum Gasteiger partial charge on any atom is 0.281 e. The van der Waals surface area contributed by atoms with Crippen LogP contribution in [0.1, 0.15) is 87.2 Å². The van der Waals surface area contributed by atoms with E-state index in [1.54, 1.807) is 30.5 Å². The summed E-state index contributed by atoms with van der Waals surface area (Å²) in [6.07, 6.45) is 4.26. The first kappa shape index (κ1) is 28.9. The molecule has 1 unspecified atom stereocenters. The van der Waals surface area contributed by atoms with E-state index in [4.69, 9.17) is 10.7 Å². The Balaban J connectivity index is 1.63. The highest BCUT2D eigenvalue weighted by Gasteiger charge is 2.41. The lowest BCUT2D eigenvalue weighted by Gasteiger charge is -2.34. The Morgan fingerprint density at radius 2 is 1.88 bits per heavy atom. The molecule has 10 nitrogen and oxygen atoms in total. The summed E-state index contributed by atoms with van der Waals surface area (Å²) in [6, 6.07) is 11.8. The summed E-state index contributed by atoms with van der Waals surface area (Å²) in [5.41, 5.74) is 8.18. The van der Waals surface area contributed by atoms with E-state index in [9.17, 15) is 13.2 Å². The second-order valence-electron chi connectivity index (χ2n) is 12.7. The van der Waals surface area contributed by atoms with Gasteiger partial charge in [-0.25, -0.2) is 14.7 Å². The summed E-state index contributed by atoms with van der Waals surface area (Å²) in [6.45, 7) is 11.6. The van der Waals surface area contributed by atoms with Crippen LogP contribution in [0.2, 0.25) is 0 Å². The molecule has 5 rings (SSSR count). The van der Waals surface area contributed by atoms with Crippen LogP contribution < -0.4 is 20.7 Å². The van der Waals surface area contributed by atoms with Crippen molar-refractivity contribution in [2.24, 2.45) is 11.7 Å². The quantitative estimate of drug-likeness (QED) is 0.406. The number of nitrogens with one attached hydrogen (secondary N) is 2. The van der Waals surface area contributed by atoms with Crippen LogP contribution >= 0.6 is 0 Å². The van der Waals surface area contributed by atoms with Crippen molar-refractivity contribution in [3.63, 3.8) is 0 Å². The lowest BCUT2D eigenvalue weighted by Crippen LogP contribution is -2.41. The van der Waals surface area contributed by atoms with Gasteiger partial charge in [0.25, 0.3) is 15.9 Å². The zero-order valence-corrected chi connectivity index (χ0v) is 25.1. The van der Waals surface area contributed by atoms with Crippen molar-refractivity contribution in [2.45, 2.75) is 82.4 Å². The number of sulfonamides is 1. The molecule has 41 heavy (non-hydrogen) atoms. The molecule has 3 aromatic rings. The average Bonchev–Trinajstić information content (AvgIpc) is 3.23. The molecule has 0 saturated carbocycles. The van der Waals surface area contributed by atoms with E-state index in [-0.39, 0.29) is 27.6 Å². The normalized spacial score (nSPS) is 22.1. The molecule has 0 aromatic carbocycles. The van der Waals surface area contributed by atoms with Gasteiger partial charge in [0, 0.05) is 35.9 Å². The first-order valence-electron chi connectivity index (χ1n) is 14.0. The number of hydrogen-bond acceptors (Lipinski definition) is 9. The predicted octanol–water partition coefficient (Wildman–Crippen LogP) is 4.30. The lowest BCUT2D eigenvalue weighted by molar-refractivity contribution is 0.0981. The van der Waals surface area contributed by atoms with Crippen molar-refractivity contribution in [1.82, 2.24) is 19.7 Å². The first-order valence-corrected chi connectivity index (χ1v) is 15.5. The Bertz CT molecular complexity index is 1570. The third kappa shape index (κ3) is 6.06. The Morgan fingerprint density at radius 3 is 2.61 bits per heavy atom. The zero-order valence-electron chi connectivity index (χ0n) is 24.3.